The van der Waals surface area contributed by atoms with E-state index in [0.29, 0.717) is 5.41 Å². The van der Waals surface area contributed by atoms with Crippen molar-refractivity contribution < 1.29 is 0 Å². The lowest BCUT2D eigenvalue weighted by Crippen LogP contribution is -2.06. The highest BCUT2D eigenvalue weighted by Gasteiger charge is 2.38. The highest BCUT2D eigenvalue weighted by molar-refractivity contribution is 4.89. The van der Waals surface area contributed by atoms with E-state index in [1.165, 1.54) is 44.9 Å². The topological polar surface area (TPSA) is 0 Å². The average Bonchev–Trinajstić information content (AvgIpc) is 3.17. The van der Waals surface area contributed by atoms with Crippen LogP contribution in [-0.2, 0) is 0 Å². The van der Waals surface area contributed by atoms with Crippen LogP contribution < -0.4 is 0 Å². The fourth-order valence-corrected chi connectivity index (χ4v) is 4.08. The Morgan fingerprint density at radius 3 is 1.84 bits per heavy atom. The number of rotatable bonds is 9. The molecule has 19 heavy (non-hydrogen) atoms. The fourth-order valence-electron chi connectivity index (χ4n) is 4.08. The second kappa shape index (κ2) is 6.64. The van der Waals surface area contributed by atoms with Crippen molar-refractivity contribution in [1.82, 2.24) is 0 Å². The van der Waals surface area contributed by atoms with Crippen molar-refractivity contribution in [2.75, 3.05) is 0 Å². The van der Waals surface area contributed by atoms with Crippen molar-refractivity contribution in [2.45, 2.75) is 91.9 Å². The lowest BCUT2D eigenvalue weighted by atomic mass is 9.88. The Morgan fingerprint density at radius 2 is 1.26 bits per heavy atom. The fraction of sp³-hybridized carbons (Fsp3) is 1.00. The van der Waals surface area contributed by atoms with Crippen LogP contribution >= 0.6 is 0 Å². The molecule has 0 N–H and O–H groups in total. The molecular formula is C19H36. The maximum Gasteiger partial charge on any atom is -0.0378 e. The van der Waals surface area contributed by atoms with Gasteiger partial charge >= 0.3 is 0 Å². The SMILES string of the molecule is CCCC1CC1CCCCCC1CC1CC(C)(C)C. The van der Waals surface area contributed by atoms with Crippen LogP contribution in [0, 0.1) is 29.1 Å². The summed E-state index contributed by atoms with van der Waals surface area (Å²) in [4.78, 5) is 0. The van der Waals surface area contributed by atoms with Gasteiger partial charge in [-0.1, -0.05) is 72.6 Å². The lowest BCUT2D eigenvalue weighted by Gasteiger charge is -2.17. The number of hydrogen-bond acceptors (Lipinski definition) is 0. The molecule has 2 aliphatic carbocycles. The van der Waals surface area contributed by atoms with Gasteiger partial charge in [0.1, 0.15) is 0 Å². The Bertz CT molecular complexity index is 260. The Morgan fingerprint density at radius 1 is 0.737 bits per heavy atom. The standard InChI is InChI=1S/C19H36/c1-5-9-15-12-16(15)10-7-6-8-11-17-13-18(17)14-19(2,3)4/h15-18H,5-14H2,1-4H3. The zero-order chi connectivity index (χ0) is 13.9. The predicted molar refractivity (Wildman–Crippen MR) is 85.3 cm³/mol. The quantitative estimate of drug-likeness (QED) is 0.420. The minimum atomic E-state index is 0.555. The molecule has 0 heterocycles. The average molecular weight is 264 g/mol. The lowest BCUT2D eigenvalue weighted by molar-refractivity contribution is 0.340. The molecule has 2 fully saturated rings. The third-order valence-corrected chi connectivity index (χ3v) is 5.32. The molecule has 0 aliphatic heterocycles. The van der Waals surface area contributed by atoms with E-state index in [0.717, 1.165) is 23.7 Å². The van der Waals surface area contributed by atoms with Gasteiger partial charge in [0.15, 0.2) is 0 Å². The van der Waals surface area contributed by atoms with Gasteiger partial charge in [-0.15, -0.1) is 0 Å². The zero-order valence-corrected chi connectivity index (χ0v) is 13.9. The summed E-state index contributed by atoms with van der Waals surface area (Å²) in [7, 11) is 0. The van der Waals surface area contributed by atoms with E-state index in [2.05, 4.69) is 27.7 Å². The highest BCUT2D eigenvalue weighted by atomic mass is 14.4. The first-order chi connectivity index (χ1) is 8.99. The van der Waals surface area contributed by atoms with Gasteiger partial charge in [0.05, 0.1) is 0 Å². The van der Waals surface area contributed by atoms with Crippen molar-refractivity contribution in [3.8, 4) is 0 Å². The summed E-state index contributed by atoms with van der Waals surface area (Å²) in [6.07, 6.45) is 15.1. The summed E-state index contributed by atoms with van der Waals surface area (Å²) in [6, 6.07) is 0. The summed E-state index contributed by atoms with van der Waals surface area (Å²) in [5, 5.41) is 0. The van der Waals surface area contributed by atoms with Crippen LogP contribution in [0.3, 0.4) is 0 Å². The van der Waals surface area contributed by atoms with Crippen LogP contribution in [0.1, 0.15) is 91.9 Å². The van der Waals surface area contributed by atoms with Gasteiger partial charge in [-0.05, 0) is 48.3 Å². The molecule has 0 bridgehead atoms. The van der Waals surface area contributed by atoms with E-state index >= 15 is 0 Å². The van der Waals surface area contributed by atoms with Gasteiger partial charge in [-0.25, -0.2) is 0 Å². The predicted octanol–water partition coefficient (Wildman–Crippen LogP) is 6.45. The summed E-state index contributed by atoms with van der Waals surface area (Å²) >= 11 is 0. The van der Waals surface area contributed by atoms with E-state index in [4.69, 9.17) is 0 Å². The third kappa shape index (κ3) is 5.88. The Kier molecular flexibility index (Phi) is 5.37. The monoisotopic (exact) mass is 264 g/mol. The Hall–Kier alpha value is 0. The smallest absolute Gasteiger partial charge is 0.0378 e. The molecule has 0 amide bonds. The summed E-state index contributed by atoms with van der Waals surface area (Å²) < 4.78 is 0. The second-order valence-electron chi connectivity index (χ2n) is 8.70. The number of hydrogen-bond donors (Lipinski definition) is 0. The first kappa shape index (κ1) is 15.4. The van der Waals surface area contributed by atoms with E-state index in [9.17, 15) is 0 Å². The molecule has 0 spiro atoms. The van der Waals surface area contributed by atoms with Gasteiger partial charge < -0.3 is 0 Å². The van der Waals surface area contributed by atoms with Crippen molar-refractivity contribution in [3.05, 3.63) is 0 Å². The van der Waals surface area contributed by atoms with Crippen LogP contribution in [0.4, 0.5) is 0 Å². The maximum atomic E-state index is 2.39. The van der Waals surface area contributed by atoms with Crippen LogP contribution in [0.2, 0.25) is 0 Å². The van der Waals surface area contributed by atoms with Crippen LogP contribution in [-0.4, -0.2) is 0 Å². The van der Waals surface area contributed by atoms with Gasteiger partial charge in [0, 0.05) is 0 Å². The van der Waals surface area contributed by atoms with E-state index in [-0.39, 0.29) is 0 Å². The molecular weight excluding hydrogens is 228 g/mol. The molecule has 2 saturated carbocycles. The first-order valence-corrected chi connectivity index (χ1v) is 8.99. The molecule has 0 saturated heterocycles. The Labute approximate surface area is 121 Å². The normalized spacial score (nSPS) is 33.5. The number of unbranched alkanes of at least 4 members (excludes halogenated alkanes) is 2. The highest BCUT2D eigenvalue weighted by Crippen LogP contribution is 2.49. The molecule has 0 radical (unpaired) electrons. The second-order valence-corrected chi connectivity index (χ2v) is 8.70. The van der Waals surface area contributed by atoms with Crippen LogP contribution in [0.15, 0.2) is 0 Å². The largest absolute Gasteiger partial charge is 0.0654 e. The van der Waals surface area contributed by atoms with Crippen LogP contribution in [0.25, 0.3) is 0 Å². The van der Waals surface area contributed by atoms with E-state index in [1.54, 1.807) is 19.3 Å². The molecule has 0 aromatic rings. The molecule has 2 rings (SSSR count). The zero-order valence-electron chi connectivity index (χ0n) is 13.9. The molecule has 0 aromatic carbocycles. The molecule has 0 heteroatoms. The first-order valence-electron chi connectivity index (χ1n) is 8.99. The van der Waals surface area contributed by atoms with Gasteiger partial charge in [0.2, 0.25) is 0 Å². The van der Waals surface area contributed by atoms with Crippen molar-refractivity contribution in [1.29, 1.82) is 0 Å². The minimum absolute atomic E-state index is 0.555. The summed E-state index contributed by atoms with van der Waals surface area (Å²) in [5.74, 6) is 4.45. The van der Waals surface area contributed by atoms with Gasteiger partial charge in [0.25, 0.3) is 0 Å². The molecule has 0 aromatic heterocycles. The molecule has 0 nitrogen and oxygen atoms in total. The molecule has 2 aliphatic rings. The molecule has 4 unspecified atom stereocenters. The van der Waals surface area contributed by atoms with E-state index < -0.39 is 0 Å². The maximum absolute atomic E-state index is 2.39. The van der Waals surface area contributed by atoms with Gasteiger partial charge in [-0.2, -0.15) is 0 Å². The minimum Gasteiger partial charge on any atom is -0.0654 e. The Balaban J connectivity index is 1.40. The summed E-state index contributed by atoms with van der Waals surface area (Å²) in [5.41, 5.74) is 0.555. The van der Waals surface area contributed by atoms with Crippen molar-refractivity contribution in [3.63, 3.8) is 0 Å². The summed E-state index contributed by atoms with van der Waals surface area (Å²) in [6.45, 7) is 9.51. The molecule has 112 valence electrons. The molecule has 4 atom stereocenters. The van der Waals surface area contributed by atoms with E-state index in [1.807, 2.05) is 0 Å². The van der Waals surface area contributed by atoms with Gasteiger partial charge in [-0.3, -0.25) is 0 Å². The van der Waals surface area contributed by atoms with Crippen LogP contribution in [0.5, 0.6) is 0 Å². The third-order valence-electron chi connectivity index (χ3n) is 5.32. The van der Waals surface area contributed by atoms with Crippen molar-refractivity contribution >= 4 is 0 Å². The van der Waals surface area contributed by atoms with Crippen molar-refractivity contribution in [2.24, 2.45) is 29.1 Å².